The van der Waals surface area contributed by atoms with E-state index in [1.165, 1.54) is 31.2 Å². The molecule has 1 aromatic rings. The highest BCUT2D eigenvalue weighted by atomic mass is 32.2. The number of carbonyl (C=O) groups is 1. The number of hydrogen-bond donors (Lipinski definition) is 1. The summed E-state index contributed by atoms with van der Waals surface area (Å²) in [5.41, 5.74) is -0.934. The van der Waals surface area contributed by atoms with Gasteiger partial charge in [-0.2, -0.15) is 13.2 Å². The van der Waals surface area contributed by atoms with Gasteiger partial charge in [-0.3, -0.25) is 4.79 Å². The first-order valence-corrected chi connectivity index (χ1v) is 5.99. The summed E-state index contributed by atoms with van der Waals surface area (Å²) in [5.74, 6) is -0.120. The normalized spacial score (nSPS) is 12.0. The monoisotopic (exact) mass is 276 g/mol. The molecule has 0 saturated heterocycles. The van der Waals surface area contributed by atoms with Gasteiger partial charge in [0.15, 0.2) is 5.12 Å². The molecule has 0 amide bonds. The molecule has 1 rings (SSSR count). The summed E-state index contributed by atoms with van der Waals surface area (Å²) in [6.45, 7) is 1.39. The van der Waals surface area contributed by atoms with Crippen molar-refractivity contribution < 1.29 is 23.1 Å². The molecule has 1 aromatic carbocycles. The van der Waals surface area contributed by atoms with Crippen molar-refractivity contribution >= 4 is 23.0 Å². The van der Waals surface area contributed by atoms with Gasteiger partial charge in [0.2, 0.25) is 0 Å². The molecule has 0 radical (unpaired) electrons. The number of phenols is 1. The lowest BCUT2D eigenvalue weighted by Gasteiger charge is -2.10. The number of phenolic OH excluding ortho intramolecular Hbond substituents is 1. The topological polar surface area (TPSA) is 37.3 Å². The third-order valence-corrected chi connectivity index (χ3v) is 2.79. The van der Waals surface area contributed by atoms with Gasteiger partial charge in [0.1, 0.15) is 5.75 Å². The van der Waals surface area contributed by atoms with Gasteiger partial charge in [0, 0.05) is 12.7 Å². The van der Waals surface area contributed by atoms with E-state index in [9.17, 15) is 18.0 Å². The van der Waals surface area contributed by atoms with Gasteiger partial charge in [-0.25, -0.2) is 0 Å². The first-order chi connectivity index (χ1) is 8.30. The quantitative estimate of drug-likeness (QED) is 0.914. The van der Waals surface area contributed by atoms with Crippen LogP contribution >= 0.6 is 11.8 Å². The van der Waals surface area contributed by atoms with Crippen LogP contribution in [0.4, 0.5) is 13.2 Å². The van der Waals surface area contributed by atoms with E-state index in [0.29, 0.717) is 11.8 Å². The maximum absolute atomic E-state index is 12.7. The second kappa shape index (κ2) is 5.95. The first-order valence-electron chi connectivity index (χ1n) is 5.01. The SMILES string of the molecule is CC(=O)SCC=Cc1ccc(O)cc1C(F)(F)F. The minimum Gasteiger partial charge on any atom is -0.508 e. The number of aromatic hydroxyl groups is 1. The van der Waals surface area contributed by atoms with E-state index >= 15 is 0 Å². The van der Waals surface area contributed by atoms with Crippen molar-refractivity contribution in [3.05, 3.63) is 35.4 Å². The average molecular weight is 276 g/mol. The number of halogens is 3. The Morgan fingerprint density at radius 1 is 1.44 bits per heavy atom. The van der Waals surface area contributed by atoms with Crippen molar-refractivity contribution in [1.82, 2.24) is 0 Å². The van der Waals surface area contributed by atoms with Gasteiger partial charge in [-0.1, -0.05) is 30.0 Å². The van der Waals surface area contributed by atoms with Crippen LogP contribution in [0.15, 0.2) is 24.3 Å². The van der Waals surface area contributed by atoms with Crippen molar-refractivity contribution in [3.8, 4) is 5.75 Å². The van der Waals surface area contributed by atoms with Crippen molar-refractivity contribution in [1.29, 1.82) is 0 Å². The molecule has 2 nitrogen and oxygen atoms in total. The number of benzene rings is 1. The Hall–Kier alpha value is -1.43. The smallest absolute Gasteiger partial charge is 0.417 e. The van der Waals surface area contributed by atoms with E-state index in [0.717, 1.165) is 11.8 Å². The molecular weight excluding hydrogens is 265 g/mol. The van der Waals surface area contributed by atoms with Crippen LogP contribution in [0.25, 0.3) is 6.08 Å². The molecule has 0 bridgehead atoms. The Labute approximate surface area is 107 Å². The molecular formula is C12H11F3O2S. The third kappa shape index (κ3) is 4.44. The van der Waals surface area contributed by atoms with E-state index in [2.05, 4.69) is 0 Å². The summed E-state index contributed by atoms with van der Waals surface area (Å²) >= 11 is 1.01. The Morgan fingerprint density at radius 2 is 2.11 bits per heavy atom. The fourth-order valence-electron chi connectivity index (χ4n) is 1.28. The van der Waals surface area contributed by atoms with Crippen LogP contribution in [0.2, 0.25) is 0 Å². The number of carbonyl (C=O) groups excluding carboxylic acids is 1. The van der Waals surface area contributed by atoms with Crippen molar-refractivity contribution in [3.63, 3.8) is 0 Å². The van der Waals surface area contributed by atoms with Gasteiger partial charge >= 0.3 is 6.18 Å². The van der Waals surface area contributed by atoms with Crippen molar-refractivity contribution in [2.75, 3.05) is 5.75 Å². The van der Waals surface area contributed by atoms with E-state index in [1.807, 2.05) is 0 Å². The molecule has 0 fully saturated rings. The highest BCUT2D eigenvalue weighted by Gasteiger charge is 2.33. The van der Waals surface area contributed by atoms with Gasteiger partial charge in [0.05, 0.1) is 5.56 Å². The zero-order valence-electron chi connectivity index (χ0n) is 9.49. The van der Waals surface area contributed by atoms with E-state index in [4.69, 9.17) is 5.11 Å². The second-order valence-corrected chi connectivity index (χ2v) is 4.67. The standard InChI is InChI=1S/C12H11F3O2S/c1-8(16)18-6-2-3-9-4-5-10(17)7-11(9)12(13,14)15/h2-5,7,17H,6H2,1H3. The highest BCUT2D eigenvalue weighted by molar-refractivity contribution is 8.13. The number of thioether (sulfide) groups is 1. The zero-order chi connectivity index (χ0) is 13.8. The van der Waals surface area contributed by atoms with Gasteiger partial charge in [0.25, 0.3) is 0 Å². The highest BCUT2D eigenvalue weighted by Crippen LogP contribution is 2.34. The van der Waals surface area contributed by atoms with E-state index in [1.54, 1.807) is 0 Å². The molecule has 0 aliphatic carbocycles. The summed E-state index contributed by atoms with van der Waals surface area (Å²) < 4.78 is 38.0. The summed E-state index contributed by atoms with van der Waals surface area (Å²) in [5, 5.41) is 8.98. The summed E-state index contributed by atoms with van der Waals surface area (Å²) in [4.78, 5) is 10.6. The molecule has 0 aliphatic heterocycles. The zero-order valence-corrected chi connectivity index (χ0v) is 10.3. The minimum absolute atomic E-state index is 0.0375. The molecule has 6 heteroatoms. The van der Waals surface area contributed by atoms with Crippen molar-refractivity contribution in [2.45, 2.75) is 13.1 Å². The first kappa shape index (κ1) is 14.6. The predicted molar refractivity (Wildman–Crippen MR) is 65.3 cm³/mol. The summed E-state index contributed by atoms with van der Waals surface area (Å²) in [7, 11) is 0. The molecule has 0 spiro atoms. The average Bonchev–Trinajstić information content (AvgIpc) is 2.24. The molecule has 98 valence electrons. The van der Waals surface area contributed by atoms with Crippen LogP contribution in [0.1, 0.15) is 18.1 Å². The van der Waals surface area contributed by atoms with Crippen LogP contribution in [-0.2, 0) is 11.0 Å². The Balaban J connectivity index is 2.92. The Morgan fingerprint density at radius 3 is 2.67 bits per heavy atom. The molecule has 0 aromatic heterocycles. The number of hydrogen-bond acceptors (Lipinski definition) is 3. The third-order valence-electron chi connectivity index (χ3n) is 2.02. The maximum atomic E-state index is 12.7. The molecule has 18 heavy (non-hydrogen) atoms. The van der Waals surface area contributed by atoms with Crippen molar-refractivity contribution in [2.24, 2.45) is 0 Å². The fourth-order valence-corrected chi connectivity index (χ4v) is 1.70. The summed E-state index contributed by atoms with van der Waals surface area (Å²) in [6.07, 6.45) is -1.75. The molecule has 0 saturated carbocycles. The van der Waals surface area contributed by atoms with E-state index in [-0.39, 0.29) is 10.7 Å². The number of alkyl halides is 3. The minimum atomic E-state index is -4.52. The van der Waals surface area contributed by atoms with Crippen LogP contribution < -0.4 is 0 Å². The van der Waals surface area contributed by atoms with Crippen LogP contribution in [0, 0.1) is 0 Å². The van der Waals surface area contributed by atoms with Crippen LogP contribution in [-0.4, -0.2) is 16.0 Å². The molecule has 0 aliphatic rings. The maximum Gasteiger partial charge on any atom is 0.417 e. The lowest BCUT2D eigenvalue weighted by atomic mass is 10.1. The lowest BCUT2D eigenvalue weighted by Crippen LogP contribution is -2.07. The molecule has 0 unspecified atom stereocenters. The largest absolute Gasteiger partial charge is 0.508 e. The second-order valence-electron chi connectivity index (χ2n) is 3.47. The molecule has 0 heterocycles. The number of rotatable bonds is 3. The molecule has 1 N–H and O–H groups in total. The lowest BCUT2D eigenvalue weighted by molar-refractivity contribution is -0.137. The Bertz CT molecular complexity index is 467. The van der Waals surface area contributed by atoms with Gasteiger partial charge in [-0.15, -0.1) is 0 Å². The summed E-state index contributed by atoms with van der Waals surface area (Å²) in [6, 6.07) is 3.05. The van der Waals surface area contributed by atoms with Gasteiger partial charge in [-0.05, 0) is 17.7 Å². The van der Waals surface area contributed by atoms with E-state index < -0.39 is 17.5 Å². The fraction of sp³-hybridized carbons (Fsp3) is 0.250. The molecule has 0 atom stereocenters. The van der Waals surface area contributed by atoms with Crippen LogP contribution in [0.3, 0.4) is 0 Å². The van der Waals surface area contributed by atoms with Gasteiger partial charge < -0.3 is 5.11 Å². The predicted octanol–water partition coefficient (Wildman–Crippen LogP) is 3.70. The Kier molecular flexibility index (Phi) is 4.84. The van der Waals surface area contributed by atoms with Crippen LogP contribution in [0.5, 0.6) is 5.75 Å².